The van der Waals surface area contributed by atoms with E-state index in [1.807, 2.05) is 0 Å². The van der Waals surface area contributed by atoms with Crippen LogP contribution in [0.15, 0.2) is 16.9 Å². The number of methoxy groups -OCH3 is 2. The van der Waals surface area contributed by atoms with Crippen LogP contribution in [0.4, 0.5) is 0 Å². The standard InChI is InChI=1S/C12H12N2O5/c1-14-10-6(4-5-7(13-10)18-2)9(15)8(11(14)16)12(17)19-3/h4-5,15H,1-3H3. The van der Waals surface area contributed by atoms with Gasteiger partial charge in [-0.3, -0.25) is 9.36 Å². The van der Waals surface area contributed by atoms with E-state index < -0.39 is 22.8 Å². The van der Waals surface area contributed by atoms with Gasteiger partial charge in [0.1, 0.15) is 11.4 Å². The predicted molar refractivity (Wildman–Crippen MR) is 66.5 cm³/mol. The molecule has 0 atom stereocenters. The smallest absolute Gasteiger partial charge is 0.347 e. The van der Waals surface area contributed by atoms with Gasteiger partial charge < -0.3 is 14.6 Å². The molecule has 0 amide bonds. The van der Waals surface area contributed by atoms with Crippen LogP contribution in [0.2, 0.25) is 0 Å². The van der Waals surface area contributed by atoms with Crippen LogP contribution in [-0.2, 0) is 11.8 Å². The molecule has 0 bridgehead atoms. The van der Waals surface area contributed by atoms with Gasteiger partial charge in [-0.25, -0.2) is 4.79 Å². The van der Waals surface area contributed by atoms with Gasteiger partial charge in [-0.15, -0.1) is 0 Å². The van der Waals surface area contributed by atoms with Crippen molar-refractivity contribution in [3.63, 3.8) is 0 Å². The number of carbonyl (C=O) groups is 1. The Morgan fingerprint density at radius 2 is 2.05 bits per heavy atom. The highest BCUT2D eigenvalue weighted by Crippen LogP contribution is 2.26. The molecule has 7 nitrogen and oxygen atoms in total. The minimum Gasteiger partial charge on any atom is -0.506 e. The molecule has 0 fully saturated rings. The van der Waals surface area contributed by atoms with E-state index in [1.165, 1.54) is 26.3 Å². The summed E-state index contributed by atoms with van der Waals surface area (Å²) in [6.45, 7) is 0. The summed E-state index contributed by atoms with van der Waals surface area (Å²) in [6.07, 6.45) is 0. The summed E-state index contributed by atoms with van der Waals surface area (Å²) in [5.74, 6) is -1.04. The van der Waals surface area contributed by atoms with Crippen molar-refractivity contribution in [3.8, 4) is 11.6 Å². The highest BCUT2D eigenvalue weighted by atomic mass is 16.5. The van der Waals surface area contributed by atoms with Gasteiger partial charge in [-0.1, -0.05) is 0 Å². The molecule has 0 unspecified atom stereocenters. The number of hydrogen-bond donors (Lipinski definition) is 1. The number of fused-ring (bicyclic) bond motifs is 1. The van der Waals surface area contributed by atoms with Crippen LogP contribution in [0.1, 0.15) is 10.4 Å². The topological polar surface area (TPSA) is 90.7 Å². The summed E-state index contributed by atoms with van der Waals surface area (Å²) in [5, 5.41) is 10.3. The highest BCUT2D eigenvalue weighted by Gasteiger charge is 2.22. The number of aromatic hydroxyl groups is 1. The van der Waals surface area contributed by atoms with E-state index in [0.29, 0.717) is 5.88 Å². The maximum Gasteiger partial charge on any atom is 0.347 e. The average Bonchev–Trinajstić information content (AvgIpc) is 2.44. The van der Waals surface area contributed by atoms with Gasteiger partial charge in [-0.05, 0) is 6.07 Å². The lowest BCUT2D eigenvalue weighted by atomic mass is 10.1. The van der Waals surface area contributed by atoms with Crippen molar-refractivity contribution in [2.45, 2.75) is 0 Å². The Balaban J connectivity index is 2.91. The third-order valence-electron chi connectivity index (χ3n) is 2.78. The minimum atomic E-state index is -0.893. The Bertz CT molecular complexity index is 720. The van der Waals surface area contributed by atoms with E-state index in [0.717, 1.165) is 11.7 Å². The molecule has 2 aromatic heterocycles. The summed E-state index contributed by atoms with van der Waals surface area (Å²) >= 11 is 0. The van der Waals surface area contributed by atoms with Gasteiger partial charge >= 0.3 is 5.97 Å². The van der Waals surface area contributed by atoms with E-state index in [9.17, 15) is 14.7 Å². The Hall–Kier alpha value is -2.57. The first kappa shape index (κ1) is 12.9. The molecule has 0 aromatic carbocycles. The molecular weight excluding hydrogens is 252 g/mol. The quantitative estimate of drug-likeness (QED) is 0.791. The molecule has 2 heterocycles. The van der Waals surface area contributed by atoms with Crippen LogP contribution in [0.25, 0.3) is 11.0 Å². The van der Waals surface area contributed by atoms with Crippen LogP contribution in [0.3, 0.4) is 0 Å². The molecule has 0 aliphatic rings. The Labute approximate surface area is 108 Å². The minimum absolute atomic E-state index is 0.217. The second-order valence-electron chi connectivity index (χ2n) is 3.80. The van der Waals surface area contributed by atoms with Crippen molar-refractivity contribution < 1.29 is 19.4 Å². The molecule has 100 valence electrons. The van der Waals surface area contributed by atoms with E-state index >= 15 is 0 Å². The molecule has 0 aliphatic carbocycles. The van der Waals surface area contributed by atoms with Crippen LogP contribution in [0, 0.1) is 0 Å². The average molecular weight is 264 g/mol. The first-order chi connectivity index (χ1) is 9.01. The molecule has 1 N–H and O–H groups in total. The number of aryl methyl sites for hydroxylation is 1. The Morgan fingerprint density at radius 1 is 1.37 bits per heavy atom. The predicted octanol–water partition coefficient (Wildman–Crippen LogP) is 0.434. The Kier molecular flexibility index (Phi) is 3.12. The maximum absolute atomic E-state index is 12.0. The first-order valence-electron chi connectivity index (χ1n) is 5.36. The molecule has 0 saturated carbocycles. The molecule has 0 radical (unpaired) electrons. The number of aromatic nitrogens is 2. The fourth-order valence-electron chi connectivity index (χ4n) is 1.77. The number of rotatable bonds is 2. The van der Waals surface area contributed by atoms with Gasteiger partial charge in [0, 0.05) is 13.1 Å². The summed E-state index contributed by atoms with van der Waals surface area (Å²) in [6, 6.07) is 3.04. The van der Waals surface area contributed by atoms with Gasteiger partial charge in [0.05, 0.1) is 19.6 Å². The van der Waals surface area contributed by atoms with Crippen molar-refractivity contribution in [1.82, 2.24) is 9.55 Å². The summed E-state index contributed by atoms with van der Waals surface area (Å²) < 4.78 is 10.6. The van der Waals surface area contributed by atoms with Crippen molar-refractivity contribution in [1.29, 1.82) is 0 Å². The summed E-state index contributed by atoms with van der Waals surface area (Å²) in [5.41, 5.74) is -0.878. The van der Waals surface area contributed by atoms with E-state index in [1.54, 1.807) is 0 Å². The van der Waals surface area contributed by atoms with Crippen molar-refractivity contribution in [2.24, 2.45) is 7.05 Å². The SMILES string of the molecule is COC(=O)c1c(O)c2ccc(OC)nc2n(C)c1=O. The number of ether oxygens (including phenoxy) is 2. The zero-order chi connectivity index (χ0) is 14.2. The number of carbonyl (C=O) groups excluding carboxylic acids is 1. The third-order valence-corrected chi connectivity index (χ3v) is 2.78. The Morgan fingerprint density at radius 3 is 2.63 bits per heavy atom. The van der Waals surface area contributed by atoms with Crippen molar-refractivity contribution >= 4 is 17.0 Å². The van der Waals surface area contributed by atoms with Crippen LogP contribution < -0.4 is 10.3 Å². The van der Waals surface area contributed by atoms with Crippen molar-refractivity contribution in [2.75, 3.05) is 14.2 Å². The van der Waals surface area contributed by atoms with Crippen LogP contribution in [-0.4, -0.2) is 34.8 Å². The summed E-state index contributed by atoms with van der Waals surface area (Å²) in [4.78, 5) is 27.6. The summed E-state index contributed by atoms with van der Waals surface area (Å²) in [7, 11) is 4.02. The van der Waals surface area contributed by atoms with Crippen molar-refractivity contribution in [3.05, 3.63) is 28.0 Å². The maximum atomic E-state index is 12.0. The van der Waals surface area contributed by atoms with E-state index in [4.69, 9.17) is 4.74 Å². The molecule has 19 heavy (non-hydrogen) atoms. The molecular formula is C12H12N2O5. The second-order valence-corrected chi connectivity index (χ2v) is 3.80. The molecule has 0 saturated heterocycles. The fraction of sp³-hybridized carbons (Fsp3) is 0.250. The number of pyridine rings is 2. The molecule has 2 aromatic rings. The number of esters is 1. The van der Waals surface area contributed by atoms with Gasteiger partial charge in [0.15, 0.2) is 5.56 Å². The lowest BCUT2D eigenvalue weighted by Gasteiger charge is -2.10. The largest absolute Gasteiger partial charge is 0.506 e. The van der Waals surface area contributed by atoms with E-state index in [-0.39, 0.29) is 11.0 Å². The normalized spacial score (nSPS) is 10.5. The highest BCUT2D eigenvalue weighted by molar-refractivity contribution is 5.98. The molecule has 7 heteroatoms. The number of hydrogen-bond acceptors (Lipinski definition) is 6. The lowest BCUT2D eigenvalue weighted by molar-refractivity contribution is 0.0595. The number of nitrogens with zero attached hydrogens (tertiary/aromatic N) is 2. The zero-order valence-electron chi connectivity index (χ0n) is 10.6. The molecule has 0 spiro atoms. The molecule has 2 rings (SSSR count). The van der Waals surface area contributed by atoms with E-state index in [2.05, 4.69) is 9.72 Å². The fourth-order valence-corrected chi connectivity index (χ4v) is 1.77. The lowest BCUT2D eigenvalue weighted by Crippen LogP contribution is -2.26. The first-order valence-corrected chi connectivity index (χ1v) is 5.36. The van der Waals surface area contributed by atoms with Gasteiger partial charge in [0.2, 0.25) is 5.88 Å². The van der Waals surface area contributed by atoms with Gasteiger partial charge in [-0.2, -0.15) is 4.98 Å². The molecule has 0 aliphatic heterocycles. The second kappa shape index (κ2) is 4.60. The zero-order valence-corrected chi connectivity index (χ0v) is 10.6. The van der Waals surface area contributed by atoms with Crippen LogP contribution in [0.5, 0.6) is 11.6 Å². The van der Waals surface area contributed by atoms with Crippen LogP contribution >= 0.6 is 0 Å². The van der Waals surface area contributed by atoms with Gasteiger partial charge in [0.25, 0.3) is 5.56 Å². The monoisotopic (exact) mass is 264 g/mol. The third kappa shape index (κ3) is 1.88.